The quantitative estimate of drug-likeness (QED) is 0.728. The first-order valence-electron chi connectivity index (χ1n) is 6.51. The molecule has 0 aromatic heterocycles. The molecule has 1 N–H and O–H groups in total. The number of rotatable bonds is 3. The summed E-state index contributed by atoms with van der Waals surface area (Å²) in [6.45, 7) is 4.82. The van der Waals surface area contributed by atoms with Crippen LogP contribution >= 0.6 is 0 Å². The maximum absolute atomic E-state index is 3.81. The van der Waals surface area contributed by atoms with Crippen LogP contribution in [0.1, 0.15) is 58.8 Å². The number of nitrogens with one attached hydrogen (secondary N) is 1. The Hall–Kier alpha value is -0.0400. The Bertz CT molecular complexity index is 174. The van der Waals surface area contributed by atoms with E-state index in [9.17, 15) is 0 Å². The highest BCUT2D eigenvalue weighted by molar-refractivity contribution is 4.84. The van der Waals surface area contributed by atoms with Crippen LogP contribution in [-0.4, -0.2) is 12.1 Å². The number of hydrogen-bond donors (Lipinski definition) is 1. The van der Waals surface area contributed by atoms with Gasteiger partial charge in [-0.1, -0.05) is 26.2 Å². The first-order chi connectivity index (χ1) is 6.75. The topological polar surface area (TPSA) is 12.0 Å². The molecule has 14 heavy (non-hydrogen) atoms. The van der Waals surface area contributed by atoms with Gasteiger partial charge < -0.3 is 5.32 Å². The summed E-state index contributed by atoms with van der Waals surface area (Å²) in [5, 5.41) is 3.81. The van der Waals surface area contributed by atoms with Crippen LogP contribution in [0.4, 0.5) is 0 Å². The van der Waals surface area contributed by atoms with E-state index in [0.29, 0.717) is 0 Å². The Kier molecular flexibility index (Phi) is 3.48. The highest BCUT2D eigenvalue weighted by atomic mass is 15.0. The van der Waals surface area contributed by atoms with Gasteiger partial charge in [0.05, 0.1) is 0 Å². The third-order valence-corrected chi connectivity index (χ3v) is 4.29. The van der Waals surface area contributed by atoms with Gasteiger partial charge in [-0.15, -0.1) is 0 Å². The van der Waals surface area contributed by atoms with E-state index in [1.165, 1.54) is 44.9 Å². The lowest BCUT2D eigenvalue weighted by atomic mass is 9.78. The van der Waals surface area contributed by atoms with Gasteiger partial charge in [0, 0.05) is 12.1 Å². The van der Waals surface area contributed by atoms with Gasteiger partial charge in [-0.2, -0.15) is 0 Å². The minimum Gasteiger partial charge on any atom is -0.311 e. The van der Waals surface area contributed by atoms with Crippen molar-refractivity contribution in [1.29, 1.82) is 0 Å². The molecule has 0 heterocycles. The largest absolute Gasteiger partial charge is 0.311 e. The minimum absolute atomic E-state index is 0.767. The minimum atomic E-state index is 0.767. The van der Waals surface area contributed by atoms with Crippen LogP contribution in [-0.2, 0) is 0 Å². The molecule has 3 unspecified atom stereocenters. The van der Waals surface area contributed by atoms with Crippen LogP contribution in [0.2, 0.25) is 0 Å². The Labute approximate surface area is 88.7 Å². The summed E-state index contributed by atoms with van der Waals surface area (Å²) in [6, 6.07) is 1.63. The average Bonchev–Trinajstić information content (AvgIpc) is 2.11. The van der Waals surface area contributed by atoms with Crippen LogP contribution < -0.4 is 5.32 Å². The Morgan fingerprint density at radius 3 is 2.36 bits per heavy atom. The fourth-order valence-corrected chi connectivity index (χ4v) is 3.02. The van der Waals surface area contributed by atoms with Crippen molar-refractivity contribution in [1.82, 2.24) is 5.32 Å². The van der Waals surface area contributed by atoms with Crippen molar-refractivity contribution in [2.24, 2.45) is 11.8 Å². The summed E-state index contributed by atoms with van der Waals surface area (Å²) in [6.07, 6.45) is 10.1. The maximum Gasteiger partial charge on any atom is 0.00696 e. The molecular weight excluding hydrogens is 170 g/mol. The second-order valence-corrected chi connectivity index (χ2v) is 5.62. The molecule has 0 saturated heterocycles. The molecule has 1 heteroatoms. The first kappa shape index (κ1) is 10.5. The van der Waals surface area contributed by atoms with Crippen LogP contribution in [0.5, 0.6) is 0 Å². The van der Waals surface area contributed by atoms with Crippen molar-refractivity contribution >= 4 is 0 Å². The lowest BCUT2D eigenvalue weighted by Gasteiger charge is -2.36. The van der Waals surface area contributed by atoms with E-state index in [0.717, 1.165) is 23.9 Å². The van der Waals surface area contributed by atoms with Gasteiger partial charge in [-0.3, -0.25) is 0 Å². The zero-order valence-corrected chi connectivity index (χ0v) is 9.76. The lowest BCUT2D eigenvalue weighted by Crippen LogP contribution is -2.45. The number of hydrogen-bond acceptors (Lipinski definition) is 1. The Balaban J connectivity index is 1.74. The highest BCUT2D eigenvalue weighted by Crippen LogP contribution is 2.31. The summed E-state index contributed by atoms with van der Waals surface area (Å²) in [5.41, 5.74) is 0. The van der Waals surface area contributed by atoms with Gasteiger partial charge in [-0.25, -0.2) is 0 Å². The summed E-state index contributed by atoms with van der Waals surface area (Å²) in [4.78, 5) is 0. The molecule has 3 atom stereocenters. The van der Waals surface area contributed by atoms with Gasteiger partial charge in [0.1, 0.15) is 0 Å². The third-order valence-electron chi connectivity index (χ3n) is 4.29. The SMILES string of the molecule is CC1CCCC(C(C)NC2CCC2)C1. The molecule has 2 saturated carbocycles. The molecule has 1 nitrogen and oxygen atoms in total. The molecule has 0 amide bonds. The molecule has 0 spiro atoms. The van der Waals surface area contributed by atoms with Crippen LogP contribution in [0.15, 0.2) is 0 Å². The van der Waals surface area contributed by atoms with E-state index in [2.05, 4.69) is 19.2 Å². The molecule has 0 bridgehead atoms. The fourth-order valence-electron chi connectivity index (χ4n) is 3.02. The summed E-state index contributed by atoms with van der Waals surface area (Å²) in [7, 11) is 0. The zero-order valence-electron chi connectivity index (χ0n) is 9.76. The van der Waals surface area contributed by atoms with E-state index in [-0.39, 0.29) is 0 Å². The summed E-state index contributed by atoms with van der Waals surface area (Å²) in [5.74, 6) is 1.93. The van der Waals surface area contributed by atoms with E-state index in [4.69, 9.17) is 0 Å². The molecule has 2 aliphatic carbocycles. The van der Waals surface area contributed by atoms with Crippen molar-refractivity contribution in [3.8, 4) is 0 Å². The molecule has 2 aliphatic rings. The molecule has 0 radical (unpaired) electrons. The van der Waals surface area contributed by atoms with Crippen molar-refractivity contribution in [2.75, 3.05) is 0 Å². The van der Waals surface area contributed by atoms with E-state index in [1.54, 1.807) is 0 Å². The van der Waals surface area contributed by atoms with Crippen molar-refractivity contribution in [2.45, 2.75) is 70.9 Å². The van der Waals surface area contributed by atoms with Gasteiger partial charge in [0.15, 0.2) is 0 Å². The molecule has 2 rings (SSSR count). The lowest BCUT2D eigenvalue weighted by molar-refractivity contribution is 0.199. The van der Waals surface area contributed by atoms with Crippen LogP contribution in [0.25, 0.3) is 0 Å². The third kappa shape index (κ3) is 2.50. The standard InChI is InChI=1S/C13H25N/c1-10-5-3-6-12(9-10)11(2)14-13-7-4-8-13/h10-14H,3-9H2,1-2H3. The van der Waals surface area contributed by atoms with E-state index in [1.807, 2.05) is 0 Å². The first-order valence-corrected chi connectivity index (χ1v) is 6.51. The molecule has 0 aliphatic heterocycles. The Morgan fingerprint density at radius 1 is 1.07 bits per heavy atom. The molecule has 82 valence electrons. The van der Waals surface area contributed by atoms with E-state index >= 15 is 0 Å². The van der Waals surface area contributed by atoms with E-state index < -0.39 is 0 Å². The van der Waals surface area contributed by atoms with Gasteiger partial charge >= 0.3 is 0 Å². The summed E-state index contributed by atoms with van der Waals surface area (Å²) < 4.78 is 0. The molecule has 0 aromatic rings. The highest BCUT2D eigenvalue weighted by Gasteiger charge is 2.27. The normalized spacial score (nSPS) is 36.4. The second-order valence-electron chi connectivity index (χ2n) is 5.62. The molecule has 0 aromatic carbocycles. The fraction of sp³-hybridized carbons (Fsp3) is 1.00. The van der Waals surface area contributed by atoms with Crippen molar-refractivity contribution in [3.63, 3.8) is 0 Å². The van der Waals surface area contributed by atoms with Crippen LogP contribution in [0.3, 0.4) is 0 Å². The zero-order chi connectivity index (χ0) is 9.97. The summed E-state index contributed by atoms with van der Waals surface area (Å²) >= 11 is 0. The molecule has 2 fully saturated rings. The second kappa shape index (κ2) is 4.65. The van der Waals surface area contributed by atoms with Crippen molar-refractivity contribution < 1.29 is 0 Å². The van der Waals surface area contributed by atoms with Gasteiger partial charge in [0.25, 0.3) is 0 Å². The predicted molar refractivity (Wildman–Crippen MR) is 61.4 cm³/mol. The molecular formula is C13H25N. The van der Waals surface area contributed by atoms with Gasteiger partial charge in [-0.05, 0) is 44.4 Å². The van der Waals surface area contributed by atoms with Crippen molar-refractivity contribution in [3.05, 3.63) is 0 Å². The Morgan fingerprint density at radius 2 is 1.79 bits per heavy atom. The predicted octanol–water partition coefficient (Wildman–Crippen LogP) is 3.34. The monoisotopic (exact) mass is 195 g/mol. The maximum atomic E-state index is 3.81. The van der Waals surface area contributed by atoms with Gasteiger partial charge in [0.2, 0.25) is 0 Å². The average molecular weight is 195 g/mol. The smallest absolute Gasteiger partial charge is 0.00696 e. The van der Waals surface area contributed by atoms with Crippen LogP contribution in [0, 0.1) is 11.8 Å².